The fourth-order valence-electron chi connectivity index (χ4n) is 4.66. The van der Waals surface area contributed by atoms with Gasteiger partial charge in [0.1, 0.15) is 5.76 Å². The van der Waals surface area contributed by atoms with Gasteiger partial charge in [-0.25, -0.2) is 19.8 Å². The monoisotopic (exact) mass is 606 g/mol. The molecule has 1 aliphatic heterocycles. The highest BCUT2D eigenvalue weighted by Gasteiger charge is 2.34. The molecule has 0 spiro atoms. The first-order valence-corrected chi connectivity index (χ1v) is 15.0. The molecule has 218 valence electrons. The summed E-state index contributed by atoms with van der Waals surface area (Å²) in [5.74, 6) is 1.01. The number of thiazole rings is 1. The molecular formula is C30H30N4O6S2. The van der Waals surface area contributed by atoms with Crippen molar-refractivity contribution >= 4 is 35.1 Å². The van der Waals surface area contributed by atoms with Crippen molar-refractivity contribution in [2.24, 2.45) is 4.99 Å². The Morgan fingerprint density at radius 2 is 1.83 bits per heavy atom. The maximum absolute atomic E-state index is 13.9. The minimum Gasteiger partial charge on any atom is -0.493 e. The molecule has 3 aromatic heterocycles. The molecule has 1 aromatic carbocycles. The minimum atomic E-state index is -0.781. The fraction of sp³-hybridized carbons (Fsp3) is 0.300. The van der Waals surface area contributed by atoms with Gasteiger partial charge in [-0.15, -0.1) is 0 Å². The minimum absolute atomic E-state index is 0.186. The van der Waals surface area contributed by atoms with Crippen LogP contribution in [0.25, 0.3) is 6.08 Å². The van der Waals surface area contributed by atoms with Crippen molar-refractivity contribution < 1.29 is 23.4 Å². The third kappa shape index (κ3) is 5.90. The van der Waals surface area contributed by atoms with Gasteiger partial charge in [-0.05, 0) is 82.3 Å². The molecule has 0 unspecified atom stereocenters. The summed E-state index contributed by atoms with van der Waals surface area (Å²) in [6.07, 6.45) is 1.68. The lowest BCUT2D eigenvalue weighted by molar-refractivity contribution is -0.139. The number of ether oxygens (including phenoxy) is 3. The zero-order valence-corrected chi connectivity index (χ0v) is 25.7. The predicted octanol–water partition coefficient (Wildman–Crippen LogP) is 4.36. The molecule has 0 amide bonds. The molecule has 0 N–H and O–H groups in total. The van der Waals surface area contributed by atoms with Gasteiger partial charge in [0.25, 0.3) is 5.56 Å². The molecule has 4 aromatic rings. The molecule has 0 bridgehead atoms. The molecule has 0 saturated heterocycles. The first kappa shape index (κ1) is 29.3. The Kier molecular flexibility index (Phi) is 8.64. The highest BCUT2D eigenvalue weighted by molar-refractivity contribution is 7.99. The number of carbonyl (C=O) groups excluding carboxylic acids is 1. The summed E-state index contributed by atoms with van der Waals surface area (Å²) in [4.78, 5) is 41.1. The number of allylic oxidation sites excluding steroid dienone is 1. The van der Waals surface area contributed by atoms with E-state index in [-0.39, 0.29) is 17.7 Å². The third-order valence-electron chi connectivity index (χ3n) is 6.35. The Bertz CT molecular complexity index is 1850. The van der Waals surface area contributed by atoms with Crippen molar-refractivity contribution in [3.8, 4) is 11.5 Å². The van der Waals surface area contributed by atoms with E-state index >= 15 is 0 Å². The van der Waals surface area contributed by atoms with Gasteiger partial charge in [-0.3, -0.25) is 9.36 Å². The molecule has 0 fully saturated rings. The van der Waals surface area contributed by atoms with Gasteiger partial charge in [-0.2, -0.15) is 0 Å². The first-order chi connectivity index (χ1) is 20.2. The number of aromatic nitrogens is 3. The van der Waals surface area contributed by atoms with Crippen molar-refractivity contribution in [3.63, 3.8) is 0 Å². The second-order valence-corrected chi connectivity index (χ2v) is 11.3. The summed E-state index contributed by atoms with van der Waals surface area (Å²) >= 11 is 2.53. The molecule has 1 atom stereocenters. The van der Waals surface area contributed by atoms with Crippen LogP contribution in [0.3, 0.4) is 0 Å². The molecule has 12 heteroatoms. The van der Waals surface area contributed by atoms with E-state index in [2.05, 4.69) is 15.0 Å². The number of methoxy groups -OCH3 is 1. The third-order valence-corrected chi connectivity index (χ3v) is 8.12. The van der Waals surface area contributed by atoms with Gasteiger partial charge in [-0.1, -0.05) is 17.4 Å². The van der Waals surface area contributed by atoms with Crippen LogP contribution in [0.15, 0.2) is 72.1 Å². The summed E-state index contributed by atoms with van der Waals surface area (Å²) < 4.78 is 24.6. The average Bonchev–Trinajstić information content (AvgIpc) is 3.50. The van der Waals surface area contributed by atoms with Crippen LogP contribution in [0.4, 0.5) is 0 Å². The maximum Gasteiger partial charge on any atom is 0.338 e. The Labute approximate surface area is 250 Å². The number of esters is 1. The van der Waals surface area contributed by atoms with Crippen LogP contribution in [0.5, 0.6) is 11.5 Å². The summed E-state index contributed by atoms with van der Waals surface area (Å²) in [6, 6.07) is 10.1. The van der Waals surface area contributed by atoms with Crippen LogP contribution in [-0.2, 0) is 9.53 Å². The molecule has 0 aliphatic carbocycles. The van der Waals surface area contributed by atoms with Gasteiger partial charge < -0.3 is 18.6 Å². The zero-order valence-electron chi connectivity index (χ0n) is 24.1. The number of furan rings is 1. The van der Waals surface area contributed by atoms with E-state index in [9.17, 15) is 9.59 Å². The average molecular weight is 607 g/mol. The van der Waals surface area contributed by atoms with Crippen molar-refractivity contribution in [3.05, 3.63) is 90.1 Å². The first-order valence-electron chi connectivity index (χ1n) is 13.3. The molecule has 10 nitrogen and oxygen atoms in total. The van der Waals surface area contributed by atoms with Crippen molar-refractivity contribution in [2.45, 2.75) is 50.9 Å². The Hall–Kier alpha value is -4.16. The fourth-order valence-corrected chi connectivity index (χ4v) is 6.52. The zero-order chi connectivity index (χ0) is 30.0. The Morgan fingerprint density at radius 1 is 1.07 bits per heavy atom. The van der Waals surface area contributed by atoms with Crippen LogP contribution in [0, 0.1) is 13.8 Å². The molecular weight excluding hydrogens is 576 g/mol. The number of hydrogen-bond donors (Lipinski definition) is 0. The van der Waals surface area contributed by atoms with E-state index in [1.165, 1.54) is 27.7 Å². The van der Waals surface area contributed by atoms with Crippen molar-refractivity contribution in [2.75, 3.05) is 20.3 Å². The van der Waals surface area contributed by atoms with Crippen LogP contribution in [0.2, 0.25) is 0 Å². The molecule has 1 aliphatic rings. The second-order valence-electron chi connectivity index (χ2n) is 9.34. The Morgan fingerprint density at radius 3 is 2.52 bits per heavy atom. The van der Waals surface area contributed by atoms with Gasteiger partial charge in [0.2, 0.25) is 0 Å². The normalized spacial score (nSPS) is 14.9. The molecule has 0 radical (unpaired) electrons. The second kappa shape index (κ2) is 12.4. The summed E-state index contributed by atoms with van der Waals surface area (Å²) in [5, 5.41) is 1.18. The summed E-state index contributed by atoms with van der Waals surface area (Å²) in [6.45, 7) is 9.79. The standard InChI is InChI=1S/C30H30N4O6S2/c1-7-38-22-14-19(9-11-21(22)37-6)26-25(28(36)39-8-2)18(5)33-30-34(26)27(35)23(41-30)15-20-10-12-24(40-20)42-29-31-16(3)13-17(4)32-29/h9-15,26H,7-8H2,1-6H3/b23-15+/t26-/m1/s1. The van der Waals surface area contributed by atoms with E-state index in [0.29, 0.717) is 54.7 Å². The van der Waals surface area contributed by atoms with Crippen LogP contribution in [0.1, 0.15) is 49.5 Å². The lowest BCUT2D eigenvalue weighted by atomic mass is 9.95. The van der Waals surface area contributed by atoms with E-state index < -0.39 is 12.0 Å². The molecule has 0 saturated carbocycles. The lowest BCUT2D eigenvalue weighted by Gasteiger charge is -2.25. The number of rotatable bonds is 9. The smallest absolute Gasteiger partial charge is 0.338 e. The van der Waals surface area contributed by atoms with E-state index in [1.807, 2.05) is 39.0 Å². The lowest BCUT2D eigenvalue weighted by Crippen LogP contribution is -2.39. The topological polar surface area (TPSA) is 118 Å². The highest BCUT2D eigenvalue weighted by atomic mass is 32.2. The SMILES string of the molecule is CCOC(=O)C1=C(C)N=c2s/c(=C/c3ccc(Sc4nc(C)cc(C)n4)o3)c(=O)n2[C@@H]1c1ccc(OC)c(OCC)c1. The molecule has 42 heavy (non-hydrogen) atoms. The largest absolute Gasteiger partial charge is 0.493 e. The molecule has 5 rings (SSSR count). The molecule has 4 heterocycles. The summed E-state index contributed by atoms with van der Waals surface area (Å²) in [7, 11) is 1.56. The van der Waals surface area contributed by atoms with E-state index in [0.717, 1.165) is 11.4 Å². The van der Waals surface area contributed by atoms with Crippen LogP contribution >= 0.6 is 23.1 Å². The van der Waals surface area contributed by atoms with E-state index in [4.69, 9.17) is 18.6 Å². The number of benzene rings is 1. The Balaban J connectivity index is 1.59. The number of hydrogen-bond acceptors (Lipinski definition) is 11. The van der Waals surface area contributed by atoms with Gasteiger partial charge >= 0.3 is 5.97 Å². The number of carbonyl (C=O) groups is 1. The van der Waals surface area contributed by atoms with Crippen molar-refractivity contribution in [1.82, 2.24) is 14.5 Å². The highest BCUT2D eigenvalue weighted by Crippen LogP contribution is 2.36. The van der Waals surface area contributed by atoms with Crippen LogP contribution < -0.4 is 24.4 Å². The number of aryl methyl sites for hydroxylation is 2. The quantitative estimate of drug-likeness (QED) is 0.202. The van der Waals surface area contributed by atoms with Crippen molar-refractivity contribution in [1.29, 1.82) is 0 Å². The van der Waals surface area contributed by atoms with Gasteiger partial charge in [0.05, 0.1) is 42.2 Å². The number of fused-ring (bicyclic) bond motifs is 1. The summed E-state index contributed by atoms with van der Waals surface area (Å²) in [5.41, 5.74) is 2.86. The van der Waals surface area contributed by atoms with Crippen LogP contribution in [-0.4, -0.2) is 40.8 Å². The van der Waals surface area contributed by atoms with Gasteiger partial charge in [0.15, 0.2) is 26.5 Å². The van der Waals surface area contributed by atoms with E-state index in [1.54, 1.807) is 45.2 Å². The number of nitrogens with zero attached hydrogens (tertiary/aromatic N) is 4. The van der Waals surface area contributed by atoms with Gasteiger partial charge in [0, 0.05) is 17.5 Å². The maximum atomic E-state index is 13.9. The predicted molar refractivity (Wildman–Crippen MR) is 159 cm³/mol.